The van der Waals surface area contributed by atoms with Crippen molar-refractivity contribution in [3.8, 4) is 0 Å². The Morgan fingerprint density at radius 2 is 1.68 bits per heavy atom. The van der Waals surface area contributed by atoms with Crippen molar-refractivity contribution >= 4 is 5.82 Å². The molecule has 1 aromatic heterocycles. The molecule has 31 heavy (non-hydrogen) atoms. The Balaban J connectivity index is 1.42. The number of hydrogen-bond donors (Lipinski definition) is 1. The summed E-state index contributed by atoms with van der Waals surface area (Å²) in [5.74, 6) is 0.210. The maximum Gasteiger partial charge on any atom is 0.349 e. The summed E-state index contributed by atoms with van der Waals surface area (Å²) in [5, 5.41) is 0. The van der Waals surface area contributed by atoms with Crippen molar-refractivity contribution in [1.29, 1.82) is 0 Å². The van der Waals surface area contributed by atoms with Crippen molar-refractivity contribution < 1.29 is 14.2 Å². The largest absolute Gasteiger partial charge is 0.383 e. The van der Waals surface area contributed by atoms with Gasteiger partial charge >= 0.3 is 5.69 Å². The van der Waals surface area contributed by atoms with Crippen molar-refractivity contribution in [1.82, 2.24) is 9.55 Å². The van der Waals surface area contributed by atoms with E-state index in [9.17, 15) is 4.79 Å². The van der Waals surface area contributed by atoms with Gasteiger partial charge in [-0.2, -0.15) is 4.98 Å². The second-order valence-corrected chi connectivity index (χ2v) is 7.64. The van der Waals surface area contributed by atoms with Gasteiger partial charge in [-0.3, -0.25) is 4.57 Å². The topological polar surface area (TPSA) is 88.6 Å². The van der Waals surface area contributed by atoms with E-state index in [-0.39, 0.29) is 29.8 Å². The lowest BCUT2D eigenvalue weighted by atomic mass is 10.0. The lowest BCUT2D eigenvalue weighted by molar-refractivity contribution is -0.151. The normalized spacial score (nSPS) is 21.1. The van der Waals surface area contributed by atoms with Gasteiger partial charge in [0.15, 0.2) is 0 Å². The number of anilines is 1. The fraction of sp³-hybridized carbons (Fsp3) is 0.333. The van der Waals surface area contributed by atoms with Crippen LogP contribution in [-0.2, 0) is 27.4 Å². The molecule has 7 nitrogen and oxygen atoms in total. The van der Waals surface area contributed by atoms with Crippen LogP contribution in [-0.4, -0.2) is 35.0 Å². The van der Waals surface area contributed by atoms with Crippen LogP contribution in [0.4, 0.5) is 5.82 Å². The van der Waals surface area contributed by atoms with E-state index in [0.29, 0.717) is 32.8 Å². The Labute approximate surface area is 181 Å². The van der Waals surface area contributed by atoms with Gasteiger partial charge in [-0.1, -0.05) is 60.7 Å². The van der Waals surface area contributed by atoms with Crippen LogP contribution in [0.25, 0.3) is 0 Å². The smallest absolute Gasteiger partial charge is 0.349 e. The van der Waals surface area contributed by atoms with E-state index >= 15 is 0 Å². The molecule has 7 heteroatoms. The highest BCUT2D eigenvalue weighted by atomic mass is 16.6. The maximum absolute atomic E-state index is 12.3. The lowest BCUT2D eigenvalue weighted by Crippen LogP contribution is -2.45. The van der Waals surface area contributed by atoms with Gasteiger partial charge in [0, 0.05) is 6.20 Å². The van der Waals surface area contributed by atoms with Crippen LogP contribution in [0.1, 0.15) is 23.6 Å². The number of rotatable bonds is 8. The standard InChI is InChI=1S/C24H27N3O4/c25-23-11-12-27(24(28)26-23)20-13-21(30-15-19-9-5-2-6-10-19)22(31-16-20)17-29-14-18-7-3-1-4-8-18/h1-12,20-22H,13-17H2,(H2,25,26,28)/t20-,21+,22-/m1/s1. The Morgan fingerprint density at radius 3 is 2.35 bits per heavy atom. The van der Waals surface area contributed by atoms with Crippen molar-refractivity contribution in [2.24, 2.45) is 0 Å². The first-order chi connectivity index (χ1) is 15.2. The van der Waals surface area contributed by atoms with Crippen molar-refractivity contribution in [3.63, 3.8) is 0 Å². The molecule has 1 aliphatic rings. The van der Waals surface area contributed by atoms with E-state index in [0.717, 1.165) is 11.1 Å². The second-order valence-electron chi connectivity index (χ2n) is 7.64. The molecule has 2 aromatic carbocycles. The van der Waals surface area contributed by atoms with Crippen LogP contribution in [0.15, 0.2) is 77.7 Å². The molecule has 0 bridgehead atoms. The molecule has 0 aliphatic carbocycles. The van der Waals surface area contributed by atoms with Crippen molar-refractivity contribution in [3.05, 3.63) is 94.5 Å². The Kier molecular flexibility index (Phi) is 7.09. The number of nitrogens with two attached hydrogens (primary N) is 1. The predicted molar refractivity (Wildman–Crippen MR) is 117 cm³/mol. The minimum Gasteiger partial charge on any atom is -0.383 e. The zero-order valence-electron chi connectivity index (χ0n) is 17.3. The Hall–Kier alpha value is -3.00. The molecule has 3 atom stereocenters. The molecule has 0 radical (unpaired) electrons. The number of hydrogen-bond acceptors (Lipinski definition) is 6. The van der Waals surface area contributed by atoms with Crippen LogP contribution < -0.4 is 11.4 Å². The monoisotopic (exact) mass is 421 g/mol. The minimum absolute atomic E-state index is 0.174. The number of ether oxygens (including phenoxy) is 3. The summed E-state index contributed by atoms with van der Waals surface area (Å²) in [7, 11) is 0. The third-order valence-electron chi connectivity index (χ3n) is 5.37. The van der Waals surface area contributed by atoms with Gasteiger partial charge in [-0.25, -0.2) is 4.79 Å². The predicted octanol–water partition coefficient (Wildman–Crippen LogP) is 2.96. The van der Waals surface area contributed by atoms with Crippen molar-refractivity contribution in [2.45, 2.75) is 37.9 Å². The fourth-order valence-electron chi connectivity index (χ4n) is 3.70. The zero-order valence-corrected chi connectivity index (χ0v) is 17.3. The number of nitrogen functional groups attached to an aromatic ring is 1. The SMILES string of the molecule is Nc1ccn([C@H]2CO[C@H](COCc3ccccc3)[C@@H](OCc3ccccc3)C2)c(=O)n1. The van der Waals surface area contributed by atoms with Gasteiger partial charge in [0.1, 0.15) is 11.9 Å². The number of benzene rings is 2. The first kappa shape index (κ1) is 21.2. The average molecular weight is 421 g/mol. The molecule has 0 unspecified atom stereocenters. The molecule has 1 aliphatic heterocycles. The molecular weight excluding hydrogens is 394 g/mol. The van der Waals surface area contributed by atoms with E-state index in [1.807, 2.05) is 60.7 Å². The van der Waals surface area contributed by atoms with E-state index in [1.54, 1.807) is 16.8 Å². The number of nitrogens with zero attached hydrogens (tertiary/aromatic N) is 2. The molecule has 0 saturated carbocycles. The Bertz CT molecular complexity index is 1010. The summed E-state index contributed by atoms with van der Waals surface area (Å²) in [6.45, 7) is 1.77. The third-order valence-corrected chi connectivity index (χ3v) is 5.37. The summed E-state index contributed by atoms with van der Waals surface area (Å²) in [6.07, 6.45) is 1.84. The van der Waals surface area contributed by atoms with Crippen LogP contribution in [0.2, 0.25) is 0 Å². The van der Waals surface area contributed by atoms with Gasteiger partial charge in [0.25, 0.3) is 0 Å². The van der Waals surface area contributed by atoms with Gasteiger partial charge in [-0.05, 0) is 23.6 Å². The summed E-state index contributed by atoms with van der Waals surface area (Å²) >= 11 is 0. The van der Waals surface area contributed by atoms with Crippen LogP contribution >= 0.6 is 0 Å². The van der Waals surface area contributed by atoms with E-state index in [2.05, 4.69) is 4.98 Å². The minimum atomic E-state index is -0.380. The van der Waals surface area contributed by atoms with Crippen LogP contribution in [0, 0.1) is 0 Å². The molecule has 0 spiro atoms. The van der Waals surface area contributed by atoms with E-state index in [4.69, 9.17) is 19.9 Å². The summed E-state index contributed by atoms with van der Waals surface area (Å²) in [6, 6.07) is 21.5. The number of aromatic nitrogens is 2. The molecule has 4 rings (SSSR count). The molecule has 1 saturated heterocycles. The summed E-state index contributed by atoms with van der Waals surface area (Å²) < 4.78 is 19.8. The first-order valence-electron chi connectivity index (χ1n) is 10.4. The lowest BCUT2D eigenvalue weighted by Gasteiger charge is -2.36. The summed E-state index contributed by atoms with van der Waals surface area (Å²) in [4.78, 5) is 16.1. The zero-order chi connectivity index (χ0) is 21.5. The van der Waals surface area contributed by atoms with E-state index in [1.165, 1.54) is 0 Å². The van der Waals surface area contributed by atoms with Gasteiger partial charge in [-0.15, -0.1) is 0 Å². The highest BCUT2D eigenvalue weighted by molar-refractivity contribution is 5.23. The highest BCUT2D eigenvalue weighted by Gasteiger charge is 2.33. The van der Waals surface area contributed by atoms with Gasteiger partial charge < -0.3 is 19.9 Å². The first-order valence-corrected chi connectivity index (χ1v) is 10.4. The second kappa shape index (κ2) is 10.3. The van der Waals surface area contributed by atoms with Crippen molar-refractivity contribution in [2.75, 3.05) is 18.9 Å². The maximum atomic E-state index is 12.3. The van der Waals surface area contributed by atoms with Gasteiger partial charge in [0.2, 0.25) is 0 Å². The quantitative estimate of drug-likeness (QED) is 0.602. The van der Waals surface area contributed by atoms with Gasteiger partial charge in [0.05, 0.1) is 38.6 Å². The van der Waals surface area contributed by atoms with Crippen LogP contribution in [0.5, 0.6) is 0 Å². The average Bonchev–Trinajstić information content (AvgIpc) is 2.80. The van der Waals surface area contributed by atoms with Crippen LogP contribution in [0.3, 0.4) is 0 Å². The molecule has 3 aromatic rings. The molecule has 1 fully saturated rings. The molecule has 0 amide bonds. The highest BCUT2D eigenvalue weighted by Crippen LogP contribution is 2.26. The molecule has 162 valence electrons. The Morgan fingerprint density at radius 1 is 1.00 bits per heavy atom. The third kappa shape index (κ3) is 5.79. The molecular formula is C24H27N3O4. The molecule has 2 N–H and O–H groups in total. The van der Waals surface area contributed by atoms with E-state index < -0.39 is 0 Å². The summed E-state index contributed by atoms with van der Waals surface area (Å²) in [5.41, 5.74) is 7.44. The molecule has 2 heterocycles. The fourth-order valence-corrected chi connectivity index (χ4v) is 3.70.